The zero-order chi connectivity index (χ0) is 13.1. The summed E-state index contributed by atoms with van der Waals surface area (Å²) in [5.41, 5.74) is 6.22. The lowest BCUT2D eigenvalue weighted by Crippen LogP contribution is -2.48. The Balaban J connectivity index is 2.14. The number of hydrogen-bond acceptors (Lipinski definition) is 4. The quantitative estimate of drug-likeness (QED) is 0.912. The van der Waals surface area contributed by atoms with Crippen LogP contribution >= 0.6 is 11.3 Å². The van der Waals surface area contributed by atoms with Gasteiger partial charge in [0.1, 0.15) is 0 Å². The summed E-state index contributed by atoms with van der Waals surface area (Å²) >= 11 is 1.86. The van der Waals surface area contributed by atoms with Crippen LogP contribution in [0.3, 0.4) is 0 Å². The number of ether oxygens (including phenoxy) is 1. The minimum Gasteiger partial charge on any atom is -0.376 e. The highest BCUT2D eigenvalue weighted by atomic mass is 32.1. The van der Waals surface area contributed by atoms with E-state index in [0.29, 0.717) is 12.1 Å². The third-order valence-corrected chi connectivity index (χ3v) is 4.64. The first kappa shape index (κ1) is 14.0. The second-order valence-electron chi connectivity index (χ2n) is 5.15. The molecule has 102 valence electrons. The van der Waals surface area contributed by atoms with Crippen molar-refractivity contribution in [1.29, 1.82) is 0 Å². The van der Waals surface area contributed by atoms with E-state index in [1.165, 1.54) is 9.75 Å². The second-order valence-corrected chi connectivity index (χ2v) is 6.47. The van der Waals surface area contributed by atoms with E-state index in [1.807, 2.05) is 11.3 Å². The van der Waals surface area contributed by atoms with E-state index in [-0.39, 0.29) is 6.04 Å². The first-order valence-electron chi connectivity index (χ1n) is 6.79. The van der Waals surface area contributed by atoms with Crippen molar-refractivity contribution in [3.05, 3.63) is 21.9 Å². The summed E-state index contributed by atoms with van der Waals surface area (Å²) in [5, 5.41) is 0. The molecule has 4 heteroatoms. The van der Waals surface area contributed by atoms with Crippen molar-refractivity contribution in [3.8, 4) is 0 Å². The highest BCUT2D eigenvalue weighted by Gasteiger charge is 2.29. The van der Waals surface area contributed by atoms with Crippen molar-refractivity contribution in [2.45, 2.75) is 45.4 Å². The van der Waals surface area contributed by atoms with Gasteiger partial charge in [0.05, 0.1) is 18.8 Å². The van der Waals surface area contributed by atoms with Crippen molar-refractivity contribution >= 4 is 11.3 Å². The molecule has 2 rings (SSSR count). The molecule has 2 N–H and O–H groups in total. The number of thiophene rings is 1. The fourth-order valence-corrected chi connectivity index (χ4v) is 3.75. The first-order valence-corrected chi connectivity index (χ1v) is 7.61. The molecule has 2 heterocycles. The maximum absolute atomic E-state index is 6.22. The predicted octanol–water partition coefficient (Wildman–Crippen LogP) is 2.56. The third kappa shape index (κ3) is 3.12. The van der Waals surface area contributed by atoms with E-state index >= 15 is 0 Å². The van der Waals surface area contributed by atoms with Crippen LogP contribution in [0.15, 0.2) is 12.1 Å². The van der Waals surface area contributed by atoms with Crippen LogP contribution in [0.25, 0.3) is 0 Å². The van der Waals surface area contributed by atoms with Crippen LogP contribution in [0, 0.1) is 6.92 Å². The van der Waals surface area contributed by atoms with Gasteiger partial charge in [-0.05, 0) is 32.4 Å². The molecular weight excluding hydrogens is 244 g/mol. The largest absolute Gasteiger partial charge is 0.376 e. The van der Waals surface area contributed by atoms with E-state index in [4.69, 9.17) is 10.5 Å². The molecule has 1 saturated heterocycles. The van der Waals surface area contributed by atoms with Gasteiger partial charge in [0.15, 0.2) is 0 Å². The van der Waals surface area contributed by atoms with Gasteiger partial charge in [0.2, 0.25) is 0 Å². The summed E-state index contributed by atoms with van der Waals surface area (Å²) in [6.45, 7) is 9.26. The predicted molar refractivity (Wildman–Crippen MR) is 77.1 cm³/mol. The van der Waals surface area contributed by atoms with Gasteiger partial charge in [0.25, 0.3) is 0 Å². The Morgan fingerprint density at radius 2 is 2.33 bits per heavy atom. The van der Waals surface area contributed by atoms with Crippen LogP contribution in [-0.4, -0.2) is 36.7 Å². The summed E-state index contributed by atoms with van der Waals surface area (Å²) in [6, 6.07) is 4.90. The molecule has 1 aromatic heterocycles. The SMILES string of the molecule is CCC1CN(C(c2ccc(C)s2)C(C)N)CCO1. The molecule has 1 fully saturated rings. The number of morpholine rings is 1. The van der Waals surface area contributed by atoms with E-state index < -0.39 is 0 Å². The molecular formula is C14H24N2OS. The van der Waals surface area contributed by atoms with E-state index in [0.717, 1.165) is 26.1 Å². The molecule has 3 unspecified atom stereocenters. The minimum atomic E-state index is 0.152. The highest BCUT2D eigenvalue weighted by molar-refractivity contribution is 7.12. The monoisotopic (exact) mass is 268 g/mol. The van der Waals surface area contributed by atoms with Gasteiger partial charge in [-0.15, -0.1) is 11.3 Å². The molecule has 0 bridgehead atoms. The third-order valence-electron chi connectivity index (χ3n) is 3.57. The Hall–Kier alpha value is -0.420. The van der Waals surface area contributed by atoms with Crippen LogP contribution < -0.4 is 5.73 Å². The molecule has 0 spiro atoms. The molecule has 0 aliphatic carbocycles. The number of aryl methyl sites for hydroxylation is 1. The molecule has 18 heavy (non-hydrogen) atoms. The molecule has 1 aromatic rings. The average molecular weight is 268 g/mol. The number of nitrogens with two attached hydrogens (primary N) is 1. The summed E-state index contributed by atoms with van der Waals surface area (Å²) in [5.74, 6) is 0. The Bertz CT molecular complexity index is 378. The lowest BCUT2D eigenvalue weighted by Gasteiger charge is -2.39. The number of hydrogen-bond donors (Lipinski definition) is 1. The van der Waals surface area contributed by atoms with Crippen molar-refractivity contribution in [3.63, 3.8) is 0 Å². The standard InChI is InChI=1S/C14H24N2OS/c1-4-12-9-16(7-8-17-12)14(11(3)15)13-6-5-10(2)18-13/h5-6,11-12,14H,4,7-9,15H2,1-3H3. The lowest BCUT2D eigenvalue weighted by molar-refractivity contribution is -0.0472. The molecule has 0 aromatic carbocycles. The molecule has 3 nitrogen and oxygen atoms in total. The lowest BCUT2D eigenvalue weighted by atomic mass is 10.0. The average Bonchev–Trinajstić information content (AvgIpc) is 2.75. The molecule has 0 radical (unpaired) electrons. The summed E-state index contributed by atoms with van der Waals surface area (Å²) in [7, 11) is 0. The van der Waals surface area contributed by atoms with Gasteiger partial charge >= 0.3 is 0 Å². The van der Waals surface area contributed by atoms with Gasteiger partial charge in [-0.3, -0.25) is 4.90 Å². The van der Waals surface area contributed by atoms with Crippen LogP contribution in [0.1, 0.15) is 36.1 Å². The van der Waals surface area contributed by atoms with E-state index in [9.17, 15) is 0 Å². The van der Waals surface area contributed by atoms with Crippen molar-refractivity contribution in [2.75, 3.05) is 19.7 Å². The van der Waals surface area contributed by atoms with Gasteiger partial charge in [-0.25, -0.2) is 0 Å². The van der Waals surface area contributed by atoms with Crippen LogP contribution in [-0.2, 0) is 4.74 Å². The van der Waals surface area contributed by atoms with Gasteiger partial charge in [-0.2, -0.15) is 0 Å². The van der Waals surface area contributed by atoms with Gasteiger partial charge in [0, 0.05) is 28.9 Å². The van der Waals surface area contributed by atoms with Crippen LogP contribution in [0.5, 0.6) is 0 Å². The highest BCUT2D eigenvalue weighted by Crippen LogP contribution is 2.31. The Morgan fingerprint density at radius 3 is 2.89 bits per heavy atom. The second kappa shape index (κ2) is 6.15. The Kier molecular flexibility index (Phi) is 4.78. The molecule has 0 amide bonds. The van der Waals surface area contributed by atoms with Gasteiger partial charge in [-0.1, -0.05) is 6.92 Å². The van der Waals surface area contributed by atoms with E-state index in [1.54, 1.807) is 0 Å². The topological polar surface area (TPSA) is 38.5 Å². The Labute approximate surface area is 114 Å². The Morgan fingerprint density at radius 1 is 1.56 bits per heavy atom. The maximum atomic E-state index is 6.22. The fraction of sp³-hybridized carbons (Fsp3) is 0.714. The number of rotatable bonds is 4. The van der Waals surface area contributed by atoms with E-state index in [2.05, 4.69) is 37.8 Å². The normalized spacial score (nSPS) is 25.0. The van der Waals surface area contributed by atoms with Crippen molar-refractivity contribution < 1.29 is 4.74 Å². The van der Waals surface area contributed by atoms with Crippen molar-refractivity contribution in [2.24, 2.45) is 5.73 Å². The minimum absolute atomic E-state index is 0.152. The molecule has 3 atom stereocenters. The number of nitrogens with zero attached hydrogens (tertiary/aromatic N) is 1. The summed E-state index contributed by atoms with van der Waals surface area (Å²) < 4.78 is 5.75. The van der Waals surface area contributed by atoms with Crippen molar-refractivity contribution in [1.82, 2.24) is 4.90 Å². The summed E-state index contributed by atoms with van der Waals surface area (Å²) in [4.78, 5) is 5.24. The van der Waals surface area contributed by atoms with Gasteiger partial charge < -0.3 is 10.5 Å². The molecule has 1 aliphatic heterocycles. The zero-order valence-corrected chi connectivity index (χ0v) is 12.4. The smallest absolute Gasteiger partial charge is 0.0700 e. The fourth-order valence-electron chi connectivity index (χ4n) is 2.63. The molecule has 0 saturated carbocycles. The molecule has 1 aliphatic rings. The van der Waals surface area contributed by atoms with Crippen LogP contribution in [0.2, 0.25) is 0 Å². The maximum Gasteiger partial charge on any atom is 0.0700 e. The van der Waals surface area contributed by atoms with Crippen LogP contribution in [0.4, 0.5) is 0 Å². The zero-order valence-electron chi connectivity index (χ0n) is 11.6. The first-order chi connectivity index (χ1) is 8.61. The summed E-state index contributed by atoms with van der Waals surface area (Å²) in [6.07, 6.45) is 1.44.